The van der Waals surface area contributed by atoms with E-state index >= 15 is 0 Å². The molecule has 2 N–H and O–H groups in total. The Morgan fingerprint density at radius 1 is 1.29 bits per heavy atom. The molecule has 0 saturated carbocycles. The number of nitrogens with one attached hydrogen (secondary N) is 2. The molecule has 0 saturated heterocycles. The lowest BCUT2D eigenvalue weighted by Crippen LogP contribution is -2.30. The van der Waals surface area contributed by atoms with Crippen LogP contribution < -0.4 is 10.6 Å². The number of nitrogens with zero attached hydrogens (tertiary/aromatic N) is 1. The molecule has 0 unspecified atom stereocenters. The molecule has 1 aromatic carbocycles. The molecule has 0 bridgehead atoms. The molecule has 0 aliphatic carbocycles. The van der Waals surface area contributed by atoms with E-state index in [0.717, 1.165) is 26.7 Å². The molecular weight excluding hydrogens is 286 g/mol. The van der Waals surface area contributed by atoms with Crippen molar-refractivity contribution in [3.05, 3.63) is 42.2 Å². The first-order chi connectivity index (χ1) is 10.3. The number of thiazole rings is 1. The van der Waals surface area contributed by atoms with Crippen LogP contribution in [0.25, 0.3) is 21.0 Å². The van der Waals surface area contributed by atoms with Crippen LogP contribution in [0, 0.1) is 0 Å². The fourth-order valence-electron chi connectivity index (χ4n) is 1.95. The Bertz CT molecular complexity index is 730. The molecule has 0 atom stereocenters. The zero-order chi connectivity index (χ0) is 14.7. The van der Waals surface area contributed by atoms with Crippen LogP contribution in [0.2, 0.25) is 0 Å². The third kappa shape index (κ3) is 3.12. The molecule has 6 heteroatoms. The van der Waals surface area contributed by atoms with E-state index in [1.807, 2.05) is 36.4 Å². The summed E-state index contributed by atoms with van der Waals surface area (Å²) in [5.74, 6) is 1.49. The minimum atomic E-state index is -0.0482. The Morgan fingerprint density at radius 2 is 2.14 bits per heavy atom. The van der Waals surface area contributed by atoms with Crippen LogP contribution in [-0.2, 0) is 11.3 Å². The molecule has 5 nitrogen and oxygen atoms in total. The lowest BCUT2D eigenvalue weighted by molar-refractivity contribution is -0.119. The van der Waals surface area contributed by atoms with E-state index in [1.54, 1.807) is 18.4 Å². The summed E-state index contributed by atoms with van der Waals surface area (Å²) in [5, 5.41) is 6.45. The summed E-state index contributed by atoms with van der Waals surface area (Å²) in [6, 6.07) is 11.8. The smallest absolute Gasteiger partial charge is 0.233 e. The van der Waals surface area contributed by atoms with Gasteiger partial charge >= 0.3 is 0 Å². The second-order valence-electron chi connectivity index (χ2n) is 4.53. The van der Waals surface area contributed by atoms with Crippen LogP contribution in [0.5, 0.6) is 0 Å². The van der Waals surface area contributed by atoms with Crippen LogP contribution in [0.4, 0.5) is 0 Å². The van der Waals surface area contributed by atoms with Gasteiger partial charge in [0.2, 0.25) is 5.91 Å². The van der Waals surface area contributed by atoms with E-state index in [-0.39, 0.29) is 12.5 Å². The monoisotopic (exact) mass is 301 g/mol. The predicted molar refractivity (Wildman–Crippen MR) is 83.1 cm³/mol. The fraction of sp³-hybridized carbons (Fsp3) is 0.200. The summed E-state index contributed by atoms with van der Waals surface area (Å²) < 4.78 is 6.91. The van der Waals surface area contributed by atoms with Gasteiger partial charge in [0.25, 0.3) is 0 Å². The first-order valence-corrected chi connectivity index (χ1v) is 7.44. The van der Waals surface area contributed by atoms with Gasteiger partial charge in [0.05, 0.1) is 23.3 Å². The fourth-order valence-corrected chi connectivity index (χ4v) is 2.88. The summed E-state index contributed by atoms with van der Waals surface area (Å²) in [4.78, 5) is 15.7. The maximum Gasteiger partial charge on any atom is 0.233 e. The van der Waals surface area contributed by atoms with Crippen molar-refractivity contribution in [2.24, 2.45) is 0 Å². The molecule has 3 aromatic rings. The third-order valence-corrected chi connectivity index (χ3v) is 4.08. The van der Waals surface area contributed by atoms with E-state index in [9.17, 15) is 4.79 Å². The van der Waals surface area contributed by atoms with E-state index in [0.29, 0.717) is 6.54 Å². The molecule has 21 heavy (non-hydrogen) atoms. The second kappa shape index (κ2) is 6.07. The number of amides is 1. The molecule has 2 heterocycles. The van der Waals surface area contributed by atoms with Gasteiger partial charge in [-0.25, -0.2) is 4.98 Å². The van der Waals surface area contributed by atoms with Crippen LogP contribution >= 0.6 is 11.3 Å². The van der Waals surface area contributed by atoms with Crippen molar-refractivity contribution in [3.8, 4) is 10.8 Å². The van der Waals surface area contributed by atoms with Crippen LogP contribution in [0.3, 0.4) is 0 Å². The highest BCUT2D eigenvalue weighted by molar-refractivity contribution is 7.21. The van der Waals surface area contributed by atoms with Gasteiger partial charge in [-0.05, 0) is 24.3 Å². The number of para-hydroxylation sites is 1. The first kappa shape index (κ1) is 13.8. The van der Waals surface area contributed by atoms with Gasteiger partial charge in [0, 0.05) is 7.05 Å². The van der Waals surface area contributed by atoms with Crippen molar-refractivity contribution in [2.75, 3.05) is 13.6 Å². The summed E-state index contributed by atoms with van der Waals surface area (Å²) >= 11 is 1.61. The van der Waals surface area contributed by atoms with Gasteiger partial charge in [-0.15, -0.1) is 11.3 Å². The van der Waals surface area contributed by atoms with Crippen molar-refractivity contribution in [2.45, 2.75) is 6.54 Å². The van der Waals surface area contributed by atoms with Crippen LogP contribution in [-0.4, -0.2) is 24.5 Å². The molecule has 0 aliphatic rings. The maximum absolute atomic E-state index is 11.1. The Balaban J connectivity index is 1.71. The molecule has 108 valence electrons. The van der Waals surface area contributed by atoms with Gasteiger partial charge in [-0.3, -0.25) is 4.79 Å². The predicted octanol–water partition coefficient (Wildman–Crippen LogP) is 2.39. The van der Waals surface area contributed by atoms with Gasteiger partial charge < -0.3 is 15.1 Å². The Hall–Kier alpha value is -2.18. The van der Waals surface area contributed by atoms with E-state index in [4.69, 9.17) is 4.42 Å². The summed E-state index contributed by atoms with van der Waals surface area (Å²) in [7, 11) is 1.61. The number of hydrogen-bond donors (Lipinski definition) is 2. The molecular formula is C15H15N3O2S. The average molecular weight is 301 g/mol. The quantitative estimate of drug-likeness (QED) is 0.759. The van der Waals surface area contributed by atoms with Crippen molar-refractivity contribution in [1.82, 2.24) is 15.6 Å². The largest absolute Gasteiger partial charge is 0.457 e. The number of hydrogen-bond acceptors (Lipinski definition) is 5. The van der Waals surface area contributed by atoms with E-state index < -0.39 is 0 Å². The molecule has 0 fully saturated rings. The Morgan fingerprint density at radius 3 is 2.95 bits per heavy atom. The summed E-state index contributed by atoms with van der Waals surface area (Å²) in [6.45, 7) is 0.784. The highest BCUT2D eigenvalue weighted by Gasteiger charge is 2.10. The minimum absolute atomic E-state index is 0.0482. The van der Waals surface area contributed by atoms with Crippen LogP contribution in [0.15, 0.2) is 40.8 Å². The van der Waals surface area contributed by atoms with Gasteiger partial charge in [0.1, 0.15) is 5.76 Å². The molecule has 0 aliphatic heterocycles. The summed E-state index contributed by atoms with van der Waals surface area (Å²) in [5.41, 5.74) is 0.980. The molecule has 0 radical (unpaired) electrons. The van der Waals surface area contributed by atoms with Crippen molar-refractivity contribution >= 4 is 27.5 Å². The highest BCUT2D eigenvalue weighted by Crippen LogP contribution is 2.30. The normalized spacial score (nSPS) is 10.9. The van der Waals surface area contributed by atoms with E-state index in [1.165, 1.54) is 0 Å². The molecule has 1 amide bonds. The SMILES string of the molecule is CNC(=O)CNCc1ccc(-c2nc3ccccc3s2)o1. The van der Waals surface area contributed by atoms with Gasteiger partial charge in [-0.1, -0.05) is 12.1 Å². The topological polar surface area (TPSA) is 67.2 Å². The maximum atomic E-state index is 11.1. The summed E-state index contributed by atoms with van der Waals surface area (Å²) in [6.07, 6.45) is 0. The number of carbonyl (C=O) groups excluding carboxylic acids is 1. The zero-order valence-electron chi connectivity index (χ0n) is 11.6. The van der Waals surface area contributed by atoms with Gasteiger partial charge in [-0.2, -0.15) is 0 Å². The molecule has 2 aromatic heterocycles. The molecule has 0 spiro atoms. The van der Waals surface area contributed by atoms with Crippen molar-refractivity contribution in [1.29, 1.82) is 0 Å². The lowest BCUT2D eigenvalue weighted by atomic mass is 10.3. The molecule has 3 rings (SSSR count). The zero-order valence-corrected chi connectivity index (χ0v) is 12.4. The number of rotatable bonds is 5. The minimum Gasteiger partial charge on any atom is -0.457 e. The van der Waals surface area contributed by atoms with E-state index in [2.05, 4.69) is 15.6 Å². The number of carbonyl (C=O) groups is 1. The van der Waals surface area contributed by atoms with Crippen molar-refractivity contribution in [3.63, 3.8) is 0 Å². The van der Waals surface area contributed by atoms with Crippen LogP contribution in [0.1, 0.15) is 5.76 Å². The number of aromatic nitrogens is 1. The lowest BCUT2D eigenvalue weighted by Gasteiger charge is -2.00. The van der Waals surface area contributed by atoms with Gasteiger partial charge in [0.15, 0.2) is 10.8 Å². The highest BCUT2D eigenvalue weighted by atomic mass is 32.1. The number of furan rings is 1. The number of benzene rings is 1. The Kier molecular flexibility index (Phi) is 3.98. The second-order valence-corrected chi connectivity index (χ2v) is 5.56. The standard InChI is InChI=1S/C15H15N3O2S/c1-16-14(19)9-17-8-10-6-7-12(20-10)15-18-11-4-2-3-5-13(11)21-15/h2-7,17H,8-9H2,1H3,(H,16,19). The number of fused-ring (bicyclic) bond motifs is 1. The average Bonchev–Trinajstić information content (AvgIpc) is 3.13. The first-order valence-electron chi connectivity index (χ1n) is 6.62. The Labute approximate surface area is 126 Å². The van der Waals surface area contributed by atoms with Crippen molar-refractivity contribution < 1.29 is 9.21 Å². The number of likely N-dealkylation sites (N-methyl/N-ethyl adjacent to an activating group) is 1. The third-order valence-electron chi connectivity index (χ3n) is 3.03.